The quantitative estimate of drug-likeness (QED) is 0.346. The van der Waals surface area contributed by atoms with Crippen molar-refractivity contribution in [2.24, 2.45) is 10.9 Å². The summed E-state index contributed by atoms with van der Waals surface area (Å²) in [5.41, 5.74) is 5.41. The van der Waals surface area contributed by atoms with Gasteiger partial charge in [-0.3, -0.25) is 4.72 Å². The van der Waals surface area contributed by atoms with Crippen molar-refractivity contribution >= 4 is 32.9 Å². The first kappa shape index (κ1) is 15.3. The van der Waals surface area contributed by atoms with Crippen molar-refractivity contribution in [1.29, 1.82) is 0 Å². The summed E-state index contributed by atoms with van der Waals surface area (Å²) >= 11 is 1.10. The molecule has 0 amide bonds. The maximum atomic E-state index is 13.2. The van der Waals surface area contributed by atoms with E-state index >= 15 is 0 Å². The Morgan fingerprint density at radius 2 is 2.10 bits per heavy atom. The first-order valence-corrected chi connectivity index (χ1v) is 8.00. The SMILES string of the molecule is Cc1ccc(S(=O)(=O)Nc2ccc(F)cc2/C(N)=N/O)s1. The van der Waals surface area contributed by atoms with Crippen LogP contribution in [0.3, 0.4) is 0 Å². The minimum absolute atomic E-state index is 0.0257. The summed E-state index contributed by atoms with van der Waals surface area (Å²) in [6.07, 6.45) is 0. The van der Waals surface area contributed by atoms with Crippen LogP contribution in [0.1, 0.15) is 10.4 Å². The molecule has 9 heteroatoms. The molecule has 2 aromatic rings. The van der Waals surface area contributed by atoms with Crippen molar-refractivity contribution in [3.05, 3.63) is 46.6 Å². The molecule has 0 saturated carbocycles. The molecule has 0 fully saturated rings. The van der Waals surface area contributed by atoms with E-state index in [1.165, 1.54) is 12.1 Å². The first-order chi connectivity index (χ1) is 9.83. The molecule has 4 N–H and O–H groups in total. The van der Waals surface area contributed by atoms with Gasteiger partial charge in [-0.2, -0.15) is 0 Å². The smallest absolute Gasteiger partial charge is 0.271 e. The highest BCUT2D eigenvalue weighted by Gasteiger charge is 2.19. The maximum Gasteiger partial charge on any atom is 0.271 e. The molecule has 2 rings (SSSR count). The average molecular weight is 329 g/mol. The van der Waals surface area contributed by atoms with Crippen molar-refractivity contribution in [2.75, 3.05) is 4.72 Å². The lowest BCUT2D eigenvalue weighted by Gasteiger charge is -2.11. The number of amidine groups is 1. The normalized spacial score (nSPS) is 12.4. The zero-order valence-electron chi connectivity index (χ0n) is 10.9. The van der Waals surface area contributed by atoms with E-state index in [1.807, 2.05) is 0 Å². The Kier molecular flexibility index (Phi) is 4.14. The Morgan fingerprint density at radius 1 is 1.38 bits per heavy atom. The number of nitrogens with one attached hydrogen (secondary N) is 1. The predicted molar refractivity (Wildman–Crippen MR) is 78.8 cm³/mol. The van der Waals surface area contributed by atoms with Crippen LogP contribution in [-0.4, -0.2) is 19.5 Å². The van der Waals surface area contributed by atoms with Crippen LogP contribution in [0.2, 0.25) is 0 Å². The van der Waals surface area contributed by atoms with Gasteiger partial charge in [0.15, 0.2) is 5.84 Å². The number of aryl methyl sites for hydroxylation is 1. The minimum Gasteiger partial charge on any atom is -0.409 e. The number of oxime groups is 1. The van der Waals surface area contributed by atoms with E-state index in [0.29, 0.717) is 0 Å². The minimum atomic E-state index is -3.82. The standard InChI is InChI=1S/C12H12FN3O3S2/c1-7-2-5-11(20-7)21(18,19)16-10-4-3-8(13)6-9(10)12(14)15-17/h2-6,16-17H,1H3,(H2,14,15). The Hall–Kier alpha value is -2.13. The molecule has 0 radical (unpaired) electrons. The van der Waals surface area contributed by atoms with Crippen molar-refractivity contribution in [2.45, 2.75) is 11.1 Å². The van der Waals surface area contributed by atoms with E-state index in [-0.39, 0.29) is 15.5 Å². The fraction of sp³-hybridized carbons (Fsp3) is 0.0833. The highest BCUT2D eigenvalue weighted by atomic mass is 32.2. The van der Waals surface area contributed by atoms with Crippen molar-refractivity contribution in [3.8, 4) is 0 Å². The molecule has 0 unspecified atom stereocenters. The number of halogens is 1. The molecule has 0 aliphatic heterocycles. The third-order valence-corrected chi connectivity index (χ3v) is 5.45. The Balaban J connectivity index is 2.44. The number of hydrogen-bond donors (Lipinski definition) is 3. The molecule has 6 nitrogen and oxygen atoms in total. The summed E-state index contributed by atoms with van der Waals surface area (Å²) in [4.78, 5) is 0.839. The van der Waals surface area contributed by atoms with Crippen molar-refractivity contribution in [3.63, 3.8) is 0 Å². The molecule has 21 heavy (non-hydrogen) atoms. The summed E-state index contributed by atoms with van der Waals surface area (Å²) < 4.78 is 40.1. The van der Waals surface area contributed by atoms with Gasteiger partial charge >= 0.3 is 0 Å². The number of nitrogens with zero attached hydrogens (tertiary/aromatic N) is 1. The fourth-order valence-electron chi connectivity index (χ4n) is 1.62. The second-order valence-corrected chi connectivity index (χ2v) is 7.34. The lowest BCUT2D eigenvalue weighted by molar-refractivity contribution is 0.318. The van der Waals surface area contributed by atoms with Crippen molar-refractivity contribution < 1.29 is 18.0 Å². The lowest BCUT2D eigenvalue weighted by Crippen LogP contribution is -2.19. The molecule has 0 bridgehead atoms. The zero-order valence-corrected chi connectivity index (χ0v) is 12.5. The molecule has 1 aromatic heterocycles. The highest BCUT2D eigenvalue weighted by molar-refractivity contribution is 7.94. The topological polar surface area (TPSA) is 105 Å². The third-order valence-electron chi connectivity index (χ3n) is 2.59. The molecule has 1 aromatic carbocycles. The summed E-state index contributed by atoms with van der Waals surface area (Å²) in [5.74, 6) is -1.03. The number of sulfonamides is 1. The predicted octanol–water partition coefficient (Wildman–Crippen LogP) is 2.09. The second-order valence-electron chi connectivity index (χ2n) is 4.15. The molecule has 0 aliphatic rings. The molecule has 1 heterocycles. The molecular weight excluding hydrogens is 317 g/mol. The second kappa shape index (κ2) is 5.70. The van der Waals surface area contributed by atoms with Crippen molar-refractivity contribution in [1.82, 2.24) is 0 Å². The fourth-order valence-corrected chi connectivity index (χ4v) is 3.99. The molecule has 112 valence electrons. The van der Waals surface area contributed by atoms with Gasteiger partial charge in [0, 0.05) is 10.4 Å². The van der Waals surface area contributed by atoms with Crippen LogP contribution in [0, 0.1) is 12.7 Å². The monoisotopic (exact) mass is 329 g/mol. The maximum absolute atomic E-state index is 13.2. The van der Waals surface area contributed by atoms with Gasteiger partial charge in [-0.15, -0.1) is 11.3 Å². The van der Waals surface area contributed by atoms with Gasteiger partial charge in [0.2, 0.25) is 0 Å². The summed E-state index contributed by atoms with van der Waals surface area (Å²) in [6.45, 7) is 1.78. The van der Waals surface area contributed by atoms with Gasteiger partial charge in [-0.25, -0.2) is 12.8 Å². The van der Waals surface area contributed by atoms with Gasteiger partial charge in [-0.05, 0) is 37.3 Å². The van der Waals surface area contributed by atoms with Gasteiger partial charge < -0.3 is 10.9 Å². The molecule has 0 atom stereocenters. The van der Waals surface area contributed by atoms with Crippen LogP contribution in [0.5, 0.6) is 0 Å². The van der Waals surface area contributed by atoms with E-state index in [0.717, 1.165) is 28.3 Å². The number of anilines is 1. The average Bonchev–Trinajstić information content (AvgIpc) is 2.87. The highest BCUT2D eigenvalue weighted by Crippen LogP contribution is 2.25. The van der Waals surface area contributed by atoms with Crippen LogP contribution < -0.4 is 10.5 Å². The third kappa shape index (κ3) is 3.31. The van der Waals surface area contributed by atoms with Gasteiger partial charge in [0.25, 0.3) is 10.0 Å². The Labute approximate surface area is 124 Å². The van der Waals surface area contributed by atoms with Crippen LogP contribution in [0.4, 0.5) is 10.1 Å². The number of benzene rings is 1. The Morgan fingerprint density at radius 3 is 2.67 bits per heavy atom. The van der Waals surface area contributed by atoms with Crippen LogP contribution in [-0.2, 0) is 10.0 Å². The zero-order chi connectivity index (χ0) is 15.6. The molecule has 0 aliphatic carbocycles. The molecular formula is C12H12FN3O3S2. The van der Waals surface area contributed by atoms with E-state index in [9.17, 15) is 12.8 Å². The number of thiophene rings is 1. The van der Waals surface area contributed by atoms with E-state index in [1.54, 1.807) is 13.0 Å². The number of hydrogen-bond acceptors (Lipinski definition) is 5. The van der Waals surface area contributed by atoms with E-state index in [4.69, 9.17) is 10.9 Å². The first-order valence-electron chi connectivity index (χ1n) is 5.70. The Bertz CT molecular complexity index is 800. The van der Waals surface area contributed by atoms with Crippen LogP contribution >= 0.6 is 11.3 Å². The van der Waals surface area contributed by atoms with Gasteiger partial charge in [0.05, 0.1) is 5.69 Å². The van der Waals surface area contributed by atoms with Gasteiger partial charge in [0.1, 0.15) is 10.0 Å². The van der Waals surface area contributed by atoms with Gasteiger partial charge in [-0.1, -0.05) is 5.16 Å². The summed E-state index contributed by atoms with van der Waals surface area (Å²) in [7, 11) is -3.82. The van der Waals surface area contributed by atoms with Crippen LogP contribution in [0.25, 0.3) is 0 Å². The van der Waals surface area contributed by atoms with E-state index in [2.05, 4.69) is 9.88 Å². The molecule has 0 spiro atoms. The largest absolute Gasteiger partial charge is 0.409 e. The molecule has 0 saturated heterocycles. The summed E-state index contributed by atoms with van der Waals surface area (Å²) in [6, 6.07) is 6.41. The summed E-state index contributed by atoms with van der Waals surface area (Å²) in [5, 5.41) is 11.5. The number of nitrogens with two attached hydrogens (primary N) is 1. The van der Waals surface area contributed by atoms with E-state index < -0.39 is 21.7 Å². The lowest BCUT2D eigenvalue weighted by atomic mass is 10.1. The van der Waals surface area contributed by atoms with Crippen LogP contribution in [0.15, 0.2) is 39.7 Å². The number of rotatable bonds is 4.